The van der Waals surface area contributed by atoms with Crippen LogP contribution in [-0.4, -0.2) is 44.2 Å². The topological polar surface area (TPSA) is 55.7 Å². The van der Waals surface area contributed by atoms with E-state index < -0.39 is 0 Å². The molecule has 0 unspecified atom stereocenters. The number of ether oxygens (including phenoxy) is 1. The molecule has 1 aliphatic heterocycles. The van der Waals surface area contributed by atoms with Crippen molar-refractivity contribution in [3.05, 3.63) is 36.0 Å². The van der Waals surface area contributed by atoms with Crippen molar-refractivity contribution in [3.63, 3.8) is 0 Å². The molecule has 2 aromatic rings. The van der Waals surface area contributed by atoms with E-state index in [1.54, 1.807) is 13.2 Å². The zero-order valence-electron chi connectivity index (χ0n) is 13.1. The Morgan fingerprint density at radius 2 is 2.05 bits per heavy atom. The number of likely N-dealkylation sites (tertiary alicyclic amines) is 1. The number of nitrogens with zero attached hydrogens (tertiary/aromatic N) is 1. The van der Waals surface area contributed by atoms with Crippen LogP contribution < -0.4 is 15.0 Å². The highest BCUT2D eigenvalue weighted by Gasteiger charge is 2.22. The number of methoxy groups -OCH3 is 1. The van der Waals surface area contributed by atoms with Crippen molar-refractivity contribution >= 4 is 16.8 Å². The minimum absolute atomic E-state index is 0.117. The second kappa shape index (κ2) is 6.32. The van der Waals surface area contributed by atoms with Crippen molar-refractivity contribution in [3.8, 4) is 5.75 Å². The highest BCUT2D eigenvalue weighted by Crippen LogP contribution is 2.25. The van der Waals surface area contributed by atoms with Crippen molar-refractivity contribution in [2.45, 2.75) is 18.9 Å². The number of fused-ring (bicyclic) bond motifs is 1. The van der Waals surface area contributed by atoms with Crippen molar-refractivity contribution in [2.75, 3.05) is 27.2 Å². The van der Waals surface area contributed by atoms with Gasteiger partial charge in [-0.15, -0.1) is 0 Å². The average molecular weight is 300 g/mol. The lowest BCUT2D eigenvalue weighted by Crippen LogP contribution is -3.10. The Morgan fingerprint density at radius 3 is 2.77 bits per heavy atom. The van der Waals surface area contributed by atoms with Gasteiger partial charge in [0.1, 0.15) is 11.4 Å². The SMILES string of the molecule is COc1cc(C(=O)NC2CC[NH+](C)CC2)nc2ccccc12. The van der Waals surface area contributed by atoms with Gasteiger partial charge in [0.15, 0.2) is 0 Å². The summed E-state index contributed by atoms with van der Waals surface area (Å²) in [6, 6.07) is 9.66. The fourth-order valence-corrected chi connectivity index (χ4v) is 2.94. The van der Waals surface area contributed by atoms with Crippen LogP contribution in [0.5, 0.6) is 5.75 Å². The lowest BCUT2D eigenvalue weighted by Gasteiger charge is -2.27. The smallest absolute Gasteiger partial charge is 0.270 e. The highest BCUT2D eigenvalue weighted by atomic mass is 16.5. The molecular weight excluding hydrogens is 278 g/mol. The molecule has 1 fully saturated rings. The molecule has 1 saturated heterocycles. The summed E-state index contributed by atoms with van der Waals surface area (Å²) < 4.78 is 5.40. The van der Waals surface area contributed by atoms with E-state index in [1.807, 2.05) is 24.3 Å². The van der Waals surface area contributed by atoms with Crippen LogP contribution in [0.2, 0.25) is 0 Å². The van der Waals surface area contributed by atoms with Gasteiger partial charge in [-0.25, -0.2) is 4.98 Å². The van der Waals surface area contributed by atoms with Gasteiger partial charge in [-0.05, 0) is 12.1 Å². The largest absolute Gasteiger partial charge is 0.496 e. The molecule has 0 aliphatic carbocycles. The van der Waals surface area contributed by atoms with Gasteiger partial charge in [-0.1, -0.05) is 12.1 Å². The molecule has 0 spiro atoms. The van der Waals surface area contributed by atoms with Crippen LogP contribution in [0.15, 0.2) is 30.3 Å². The van der Waals surface area contributed by atoms with Crippen LogP contribution in [0.1, 0.15) is 23.3 Å². The maximum Gasteiger partial charge on any atom is 0.270 e. The van der Waals surface area contributed by atoms with Crippen LogP contribution in [0.4, 0.5) is 0 Å². The molecule has 5 heteroatoms. The number of hydrogen-bond acceptors (Lipinski definition) is 3. The molecule has 116 valence electrons. The molecule has 1 aromatic carbocycles. The molecule has 3 rings (SSSR count). The summed E-state index contributed by atoms with van der Waals surface area (Å²) in [7, 11) is 3.80. The van der Waals surface area contributed by atoms with Gasteiger partial charge in [0.05, 0.1) is 32.8 Å². The first-order chi connectivity index (χ1) is 10.7. The number of benzene rings is 1. The molecular formula is C17H22N3O2+. The van der Waals surface area contributed by atoms with E-state index in [1.165, 1.54) is 4.90 Å². The van der Waals surface area contributed by atoms with Gasteiger partial charge >= 0.3 is 0 Å². The first-order valence-electron chi connectivity index (χ1n) is 7.73. The lowest BCUT2D eigenvalue weighted by atomic mass is 10.1. The first kappa shape index (κ1) is 14.8. The number of pyridine rings is 1. The number of carbonyl (C=O) groups is 1. The van der Waals surface area contributed by atoms with Crippen molar-refractivity contribution in [1.82, 2.24) is 10.3 Å². The van der Waals surface area contributed by atoms with Crippen LogP contribution in [-0.2, 0) is 0 Å². The van der Waals surface area contributed by atoms with E-state index in [2.05, 4.69) is 17.3 Å². The van der Waals surface area contributed by atoms with Gasteiger partial charge < -0.3 is 15.0 Å². The third kappa shape index (κ3) is 3.04. The summed E-state index contributed by atoms with van der Waals surface area (Å²) in [5.41, 5.74) is 1.20. The molecule has 0 atom stereocenters. The third-order valence-electron chi connectivity index (χ3n) is 4.31. The third-order valence-corrected chi connectivity index (χ3v) is 4.31. The Labute approximate surface area is 130 Å². The Bertz CT molecular complexity index is 679. The van der Waals surface area contributed by atoms with E-state index in [0.29, 0.717) is 11.4 Å². The Morgan fingerprint density at radius 1 is 1.32 bits per heavy atom. The number of hydrogen-bond donors (Lipinski definition) is 2. The fraction of sp³-hybridized carbons (Fsp3) is 0.412. The molecule has 1 aliphatic rings. The Kier molecular flexibility index (Phi) is 4.24. The number of amides is 1. The van der Waals surface area contributed by atoms with Gasteiger partial charge in [0, 0.05) is 30.3 Å². The van der Waals surface area contributed by atoms with Crippen molar-refractivity contribution < 1.29 is 14.4 Å². The monoisotopic (exact) mass is 300 g/mol. The van der Waals surface area contributed by atoms with Gasteiger partial charge in [-0.2, -0.15) is 0 Å². The second-order valence-corrected chi connectivity index (χ2v) is 5.93. The van der Waals surface area contributed by atoms with Crippen molar-refractivity contribution in [2.24, 2.45) is 0 Å². The Hall–Kier alpha value is -2.14. The molecule has 5 nitrogen and oxygen atoms in total. The number of carbonyl (C=O) groups excluding carboxylic acids is 1. The maximum atomic E-state index is 12.5. The van der Waals surface area contributed by atoms with Crippen LogP contribution >= 0.6 is 0 Å². The first-order valence-corrected chi connectivity index (χ1v) is 7.73. The maximum absolute atomic E-state index is 12.5. The average Bonchev–Trinajstić information content (AvgIpc) is 2.55. The predicted molar refractivity (Wildman–Crippen MR) is 85.4 cm³/mol. The van der Waals surface area contributed by atoms with Crippen molar-refractivity contribution in [1.29, 1.82) is 0 Å². The van der Waals surface area contributed by atoms with Gasteiger partial charge in [0.25, 0.3) is 5.91 Å². The van der Waals surface area contributed by atoms with E-state index in [9.17, 15) is 4.79 Å². The van der Waals surface area contributed by atoms with E-state index in [4.69, 9.17) is 4.74 Å². The fourth-order valence-electron chi connectivity index (χ4n) is 2.94. The predicted octanol–water partition coefficient (Wildman–Crippen LogP) is 0.650. The molecule has 0 bridgehead atoms. The minimum Gasteiger partial charge on any atom is -0.496 e. The number of quaternary nitrogens is 1. The van der Waals surface area contributed by atoms with Gasteiger partial charge in [-0.3, -0.25) is 4.79 Å². The summed E-state index contributed by atoms with van der Waals surface area (Å²) in [5.74, 6) is 0.567. The summed E-state index contributed by atoms with van der Waals surface area (Å²) in [6.07, 6.45) is 2.03. The van der Waals surface area contributed by atoms with Crippen LogP contribution in [0.3, 0.4) is 0 Å². The zero-order valence-corrected chi connectivity index (χ0v) is 13.1. The minimum atomic E-state index is -0.117. The summed E-state index contributed by atoms with van der Waals surface area (Å²) in [4.78, 5) is 18.5. The molecule has 2 N–H and O–H groups in total. The quantitative estimate of drug-likeness (QED) is 0.875. The lowest BCUT2D eigenvalue weighted by molar-refractivity contribution is -0.884. The second-order valence-electron chi connectivity index (χ2n) is 5.93. The Balaban J connectivity index is 1.81. The normalized spacial score (nSPS) is 21.5. The number of nitrogens with one attached hydrogen (secondary N) is 2. The molecule has 1 amide bonds. The van der Waals surface area contributed by atoms with Crippen LogP contribution in [0, 0.1) is 0 Å². The van der Waals surface area contributed by atoms with E-state index in [0.717, 1.165) is 36.8 Å². The number of aromatic nitrogens is 1. The molecule has 0 saturated carbocycles. The van der Waals surface area contributed by atoms with Crippen LogP contribution in [0.25, 0.3) is 10.9 Å². The molecule has 22 heavy (non-hydrogen) atoms. The summed E-state index contributed by atoms with van der Waals surface area (Å²) in [6.45, 7) is 2.19. The highest BCUT2D eigenvalue weighted by molar-refractivity contribution is 5.97. The van der Waals surface area contributed by atoms with E-state index in [-0.39, 0.29) is 11.9 Å². The number of piperidine rings is 1. The number of rotatable bonds is 3. The van der Waals surface area contributed by atoms with Gasteiger partial charge in [0.2, 0.25) is 0 Å². The van der Waals surface area contributed by atoms with E-state index >= 15 is 0 Å². The standard InChI is InChI=1S/C17H21N3O2/c1-20-9-7-12(8-10-20)18-17(21)15-11-16(22-2)13-5-3-4-6-14(13)19-15/h3-6,11-12H,7-10H2,1-2H3,(H,18,21)/p+1. The molecule has 2 heterocycles. The number of para-hydroxylation sites is 1. The molecule has 1 aromatic heterocycles. The molecule has 0 radical (unpaired) electrons. The summed E-state index contributed by atoms with van der Waals surface area (Å²) in [5, 5.41) is 4.02. The summed E-state index contributed by atoms with van der Waals surface area (Å²) >= 11 is 0. The zero-order chi connectivity index (χ0) is 15.5.